The molecular weight excluding hydrogens is 282 g/mol. The van der Waals surface area contributed by atoms with E-state index in [9.17, 15) is 4.79 Å². The first-order valence-electron chi connectivity index (χ1n) is 6.90. The number of carbonyl (C=O) groups excluding carboxylic acids is 1. The molecule has 0 atom stereocenters. The molecule has 0 aromatic heterocycles. The number of anilines is 1. The molecule has 0 radical (unpaired) electrons. The molecule has 0 amide bonds. The van der Waals surface area contributed by atoms with Crippen molar-refractivity contribution in [3.8, 4) is 0 Å². The van der Waals surface area contributed by atoms with Crippen LogP contribution in [0.1, 0.15) is 35.7 Å². The van der Waals surface area contributed by atoms with Crippen LogP contribution in [0.3, 0.4) is 0 Å². The second-order valence-corrected chi connectivity index (χ2v) is 5.51. The van der Waals surface area contributed by atoms with E-state index in [0.29, 0.717) is 16.5 Å². The summed E-state index contributed by atoms with van der Waals surface area (Å²) in [5.41, 5.74) is 2.68. The van der Waals surface area contributed by atoms with Gasteiger partial charge in [-0.2, -0.15) is 0 Å². The quantitative estimate of drug-likeness (QED) is 0.602. The van der Waals surface area contributed by atoms with Gasteiger partial charge in [-0.15, -0.1) is 0 Å². The lowest BCUT2D eigenvalue weighted by atomic mass is 10.0. The van der Waals surface area contributed by atoms with E-state index in [4.69, 9.17) is 11.6 Å². The number of benzene rings is 2. The first-order valence-corrected chi connectivity index (χ1v) is 7.27. The topological polar surface area (TPSA) is 29.1 Å². The molecule has 0 saturated carbocycles. The Hall–Kier alpha value is -2.06. The lowest BCUT2D eigenvalue weighted by molar-refractivity contribution is 0.104. The maximum atomic E-state index is 12.0. The Morgan fingerprint density at radius 3 is 2.38 bits per heavy atom. The van der Waals surface area contributed by atoms with Gasteiger partial charge in [-0.3, -0.25) is 4.79 Å². The molecule has 0 unspecified atom stereocenters. The van der Waals surface area contributed by atoms with Crippen LogP contribution in [0.25, 0.3) is 0 Å². The zero-order valence-electron chi connectivity index (χ0n) is 12.1. The van der Waals surface area contributed by atoms with Crippen molar-refractivity contribution in [1.82, 2.24) is 0 Å². The van der Waals surface area contributed by atoms with Crippen molar-refractivity contribution in [2.75, 3.05) is 5.32 Å². The molecule has 21 heavy (non-hydrogen) atoms. The van der Waals surface area contributed by atoms with Crippen LogP contribution in [0.15, 0.2) is 60.8 Å². The fourth-order valence-electron chi connectivity index (χ4n) is 1.91. The lowest BCUT2D eigenvalue weighted by Gasteiger charge is -2.05. The van der Waals surface area contributed by atoms with Gasteiger partial charge in [0, 0.05) is 17.8 Å². The number of ketones is 1. The Kier molecular flexibility index (Phi) is 5.18. The summed E-state index contributed by atoms with van der Waals surface area (Å²) in [5, 5.41) is 3.63. The number of hydrogen-bond donors (Lipinski definition) is 1. The van der Waals surface area contributed by atoms with Crippen LogP contribution in [-0.4, -0.2) is 5.78 Å². The van der Waals surface area contributed by atoms with E-state index in [1.807, 2.05) is 42.5 Å². The predicted octanol–water partition coefficient (Wildman–Crippen LogP) is 5.27. The second-order valence-electron chi connectivity index (χ2n) is 5.10. The zero-order valence-corrected chi connectivity index (χ0v) is 12.9. The number of carbonyl (C=O) groups is 1. The Bertz CT molecular complexity index is 645. The largest absolute Gasteiger partial charge is 0.360 e. The molecule has 0 saturated heterocycles. The van der Waals surface area contributed by atoms with Gasteiger partial charge < -0.3 is 5.32 Å². The third kappa shape index (κ3) is 4.20. The van der Waals surface area contributed by atoms with Crippen molar-refractivity contribution >= 4 is 23.1 Å². The van der Waals surface area contributed by atoms with Crippen molar-refractivity contribution in [1.29, 1.82) is 0 Å². The maximum Gasteiger partial charge on any atom is 0.187 e. The molecule has 2 nitrogen and oxygen atoms in total. The molecular formula is C18H18ClNO. The fourth-order valence-corrected chi connectivity index (χ4v) is 2.10. The van der Waals surface area contributed by atoms with Crippen molar-refractivity contribution in [3.05, 3.63) is 77.0 Å². The van der Waals surface area contributed by atoms with Gasteiger partial charge in [-0.05, 0) is 23.6 Å². The Morgan fingerprint density at radius 2 is 1.76 bits per heavy atom. The summed E-state index contributed by atoms with van der Waals surface area (Å²) < 4.78 is 0. The molecule has 0 aliphatic carbocycles. The Morgan fingerprint density at radius 1 is 1.10 bits per heavy atom. The second kappa shape index (κ2) is 7.09. The van der Waals surface area contributed by atoms with Crippen LogP contribution in [0.2, 0.25) is 5.02 Å². The highest BCUT2D eigenvalue weighted by atomic mass is 35.5. The van der Waals surface area contributed by atoms with E-state index in [1.54, 1.807) is 12.3 Å². The van der Waals surface area contributed by atoms with E-state index in [0.717, 1.165) is 5.69 Å². The fraction of sp³-hybridized carbons (Fsp3) is 0.167. The van der Waals surface area contributed by atoms with E-state index in [-0.39, 0.29) is 5.78 Å². The lowest BCUT2D eigenvalue weighted by Crippen LogP contribution is -1.97. The normalized spacial score (nSPS) is 11.0. The van der Waals surface area contributed by atoms with E-state index in [1.165, 1.54) is 11.6 Å². The minimum Gasteiger partial charge on any atom is -0.360 e. The van der Waals surface area contributed by atoms with E-state index < -0.39 is 0 Å². The summed E-state index contributed by atoms with van der Waals surface area (Å²) in [6.07, 6.45) is 3.12. The third-order valence-corrected chi connectivity index (χ3v) is 3.54. The van der Waals surface area contributed by atoms with Gasteiger partial charge in [0.1, 0.15) is 0 Å². The summed E-state index contributed by atoms with van der Waals surface area (Å²) in [6, 6.07) is 15.1. The SMILES string of the molecule is CC(C)c1ccc(C(=O)/C=C/Nc2ccccc2Cl)cc1. The number of nitrogens with one attached hydrogen (secondary N) is 1. The van der Waals surface area contributed by atoms with Crippen molar-refractivity contribution in [2.24, 2.45) is 0 Å². The van der Waals surface area contributed by atoms with Gasteiger partial charge in [-0.25, -0.2) is 0 Å². The number of allylic oxidation sites excluding steroid dienone is 1. The zero-order chi connectivity index (χ0) is 15.2. The molecule has 2 aromatic rings. The Balaban J connectivity index is 2.01. The average molecular weight is 300 g/mol. The first-order chi connectivity index (χ1) is 10.1. The van der Waals surface area contributed by atoms with Gasteiger partial charge in [-0.1, -0.05) is 61.8 Å². The van der Waals surface area contributed by atoms with Crippen LogP contribution >= 0.6 is 11.6 Å². The first kappa shape index (κ1) is 15.3. The third-order valence-electron chi connectivity index (χ3n) is 3.21. The molecule has 0 fully saturated rings. The molecule has 0 aliphatic rings. The number of hydrogen-bond acceptors (Lipinski definition) is 2. The molecule has 0 spiro atoms. The van der Waals surface area contributed by atoms with Crippen LogP contribution in [0.4, 0.5) is 5.69 Å². The Labute approximate surface area is 130 Å². The summed E-state index contributed by atoms with van der Waals surface area (Å²) in [5.74, 6) is 0.427. The monoisotopic (exact) mass is 299 g/mol. The van der Waals surface area contributed by atoms with Crippen molar-refractivity contribution < 1.29 is 4.79 Å². The minimum absolute atomic E-state index is 0.0372. The van der Waals surface area contributed by atoms with Crippen molar-refractivity contribution in [2.45, 2.75) is 19.8 Å². The smallest absolute Gasteiger partial charge is 0.187 e. The van der Waals surface area contributed by atoms with Gasteiger partial charge in [0.05, 0.1) is 10.7 Å². The van der Waals surface area contributed by atoms with Crippen LogP contribution < -0.4 is 5.32 Å². The molecule has 108 valence electrons. The summed E-state index contributed by atoms with van der Waals surface area (Å²) >= 11 is 6.02. The van der Waals surface area contributed by atoms with Gasteiger partial charge in [0.15, 0.2) is 5.78 Å². The standard InChI is InChI=1S/C18H18ClNO/c1-13(2)14-7-9-15(10-8-14)18(21)11-12-20-17-6-4-3-5-16(17)19/h3-13,20H,1-2H3/b12-11+. The molecule has 2 rings (SSSR count). The van der Waals surface area contributed by atoms with Gasteiger partial charge in [0.25, 0.3) is 0 Å². The van der Waals surface area contributed by atoms with Gasteiger partial charge in [0.2, 0.25) is 0 Å². The summed E-state index contributed by atoms with van der Waals surface area (Å²) in [6.45, 7) is 4.26. The molecule has 2 aromatic carbocycles. The molecule has 0 heterocycles. The summed E-state index contributed by atoms with van der Waals surface area (Å²) in [7, 11) is 0. The maximum absolute atomic E-state index is 12.0. The van der Waals surface area contributed by atoms with E-state index in [2.05, 4.69) is 19.2 Å². The molecule has 0 aliphatic heterocycles. The summed E-state index contributed by atoms with van der Waals surface area (Å²) in [4.78, 5) is 12.0. The predicted molar refractivity (Wildman–Crippen MR) is 89.1 cm³/mol. The minimum atomic E-state index is -0.0372. The van der Waals surface area contributed by atoms with E-state index >= 15 is 0 Å². The van der Waals surface area contributed by atoms with Crippen LogP contribution in [-0.2, 0) is 0 Å². The number of rotatable bonds is 5. The highest BCUT2D eigenvalue weighted by Gasteiger charge is 2.03. The van der Waals surface area contributed by atoms with Crippen molar-refractivity contribution in [3.63, 3.8) is 0 Å². The molecule has 0 bridgehead atoms. The number of para-hydroxylation sites is 1. The highest BCUT2D eigenvalue weighted by Crippen LogP contribution is 2.20. The van der Waals surface area contributed by atoms with Crippen LogP contribution in [0, 0.1) is 0 Å². The molecule has 3 heteroatoms. The highest BCUT2D eigenvalue weighted by molar-refractivity contribution is 6.33. The molecule has 1 N–H and O–H groups in total. The number of halogens is 1. The van der Waals surface area contributed by atoms with Crippen LogP contribution in [0.5, 0.6) is 0 Å². The van der Waals surface area contributed by atoms with Gasteiger partial charge >= 0.3 is 0 Å². The average Bonchev–Trinajstić information content (AvgIpc) is 2.49.